The van der Waals surface area contributed by atoms with Crippen molar-refractivity contribution in [3.05, 3.63) is 29.8 Å². The third kappa shape index (κ3) is 2.20. The number of nitrogens with two attached hydrogens (primary N) is 1. The molecule has 0 fully saturated rings. The summed E-state index contributed by atoms with van der Waals surface area (Å²) in [5.41, 5.74) is 4.25. The van der Waals surface area contributed by atoms with Crippen LogP contribution in [0.1, 0.15) is 37.7 Å². The monoisotopic (exact) mass is 220 g/mol. The molecular weight excluding hydrogens is 200 g/mol. The van der Waals surface area contributed by atoms with Crippen molar-refractivity contribution in [1.29, 1.82) is 0 Å². The highest BCUT2D eigenvalue weighted by Crippen LogP contribution is 2.36. The van der Waals surface area contributed by atoms with Crippen LogP contribution in [0.25, 0.3) is 0 Å². The molecule has 1 aromatic rings. The molecule has 0 aromatic heterocycles. The van der Waals surface area contributed by atoms with Crippen molar-refractivity contribution in [1.82, 2.24) is 5.43 Å². The molecule has 0 amide bonds. The van der Waals surface area contributed by atoms with Gasteiger partial charge in [0, 0.05) is 12.0 Å². The normalized spacial score (nSPS) is 21.0. The molecule has 3 nitrogen and oxygen atoms in total. The maximum absolute atomic E-state index is 5.66. The Morgan fingerprint density at radius 2 is 2.31 bits per heavy atom. The van der Waals surface area contributed by atoms with E-state index in [9.17, 15) is 0 Å². The van der Waals surface area contributed by atoms with Crippen molar-refractivity contribution in [2.45, 2.75) is 38.1 Å². The van der Waals surface area contributed by atoms with E-state index in [2.05, 4.69) is 24.5 Å². The van der Waals surface area contributed by atoms with Crippen LogP contribution in [0.15, 0.2) is 24.3 Å². The number of nitrogens with one attached hydrogen (secondary N) is 1. The van der Waals surface area contributed by atoms with E-state index in [-0.39, 0.29) is 0 Å². The van der Waals surface area contributed by atoms with Gasteiger partial charge in [-0.05, 0) is 24.5 Å². The van der Waals surface area contributed by atoms with E-state index in [4.69, 9.17) is 10.6 Å². The average molecular weight is 220 g/mol. The van der Waals surface area contributed by atoms with Gasteiger partial charge in [-0.3, -0.25) is 11.3 Å². The summed E-state index contributed by atoms with van der Waals surface area (Å²) in [5, 5.41) is 0. The molecule has 1 heterocycles. The molecule has 0 aliphatic carbocycles. The standard InChI is InChI=1S/C13H20N2O/c1-2-5-12(15-14)10-8-9-16-13-7-4-3-6-11(10)13/h3-4,6-7,10,12,15H,2,5,8-9,14H2,1H3. The van der Waals surface area contributed by atoms with E-state index in [1.807, 2.05) is 12.1 Å². The second kappa shape index (κ2) is 5.32. The topological polar surface area (TPSA) is 47.3 Å². The predicted octanol–water partition coefficient (Wildman–Crippen LogP) is 2.18. The number of hydrazine groups is 1. The molecule has 0 saturated carbocycles. The average Bonchev–Trinajstić information content (AvgIpc) is 2.35. The number of hydrogen-bond acceptors (Lipinski definition) is 3. The lowest BCUT2D eigenvalue weighted by atomic mass is 9.85. The van der Waals surface area contributed by atoms with Gasteiger partial charge in [-0.2, -0.15) is 0 Å². The fourth-order valence-electron chi connectivity index (χ4n) is 2.50. The van der Waals surface area contributed by atoms with Crippen LogP contribution in [-0.2, 0) is 0 Å². The number of hydrogen-bond donors (Lipinski definition) is 2. The fourth-order valence-corrected chi connectivity index (χ4v) is 2.50. The fraction of sp³-hybridized carbons (Fsp3) is 0.538. The zero-order valence-electron chi connectivity index (χ0n) is 9.78. The summed E-state index contributed by atoms with van der Waals surface area (Å²) in [7, 11) is 0. The molecule has 2 unspecified atom stereocenters. The van der Waals surface area contributed by atoms with Crippen LogP contribution in [-0.4, -0.2) is 12.6 Å². The van der Waals surface area contributed by atoms with Crippen molar-refractivity contribution in [2.75, 3.05) is 6.61 Å². The summed E-state index contributed by atoms with van der Waals surface area (Å²) in [6.07, 6.45) is 3.30. The van der Waals surface area contributed by atoms with Crippen LogP contribution in [0.3, 0.4) is 0 Å². The van der Waals surface area contributed by atoms with Crippen LogP contribution < -0.4 is 16.0 Å². The largest absolute Gasteiger partial charge is 0.493 e. The van der Waals surface area contributed by atoms with E-state index in [1.54, 1.807) is 0 Å². The Morgan fingerprint density at radius 1 is 1.50 bits per heavy atom. The SMILES string of the molecule is CCCC(NN)C1CCOc2ccccc21. The van der Waals surface area contributed by atoms with Crippen LogP contribution in [0.2, 0.25) is 0 Å². The van der Waals surface area contributed by atoms with Gasteiger partial charge in [0.1, 0.15) is 5.75 Å². The Kier molecular flexibility index (Phi) is 3.80. The molecular formula is C13H20N2O. The van der Waals surface area contributed by atoms with Crippen LogP contribution >= 0.6 is 0 Å². The van der Waals surface area contributed by atoms with E-state index in [0.29, 0.717) is 12.0 Å². The van der Waals surface area contributed by atoms with Crippen molar-refractivity contribution >= 4 is 0 Å². The van der Waals surface area contributed by atoms with Gasteiger partial charge in [0.25, 0.3) is 0 Å². The molecule has 0 spiro atoms. The molecule has 2 atom stereocenters. The Morgan fingerprint density at radius 3 is 3.06 bits per heavy atom. The van der Waals surface area contributed by atoms with Gasteiger partial charge in [0.2, 0.25) is 0 Å². The van der Waals surface area contributed by atoms with Crippen molar-refractivity contribution in [3.63, 3.8) is 0 Å². The maximum atomic E-state index is 5.66. The Bertz CT molecular complexity index is 340. The molecule has 0 bridgehead atoms. The van der Waals surface area contributed by atoms with Gasteiger partial charge in [-0.25, -0.2) is 0 Å². The minimum absolute atomic E-state index is 0.357. The lowest BCUT2D eigenvalue weighted by Crippen LogP contribution is -2.41. The van der Waals surface area contributed by atoms with Crippen molar-refractivity contribution in [3.8, 4) is 5.75 Å². The minimum Gasteiger partial charge on any atom is -0.493 e. The number of benzene rings is 1. The minimum atomic E-state index is 0.357. The van der Waals surface area contributed by atoms with Gasteiger partial charge in [-0.1, -0.05) is 31.5 Å². The van der Waals surface area contributed by atoms with Crippen LogP contribution in [0, 0.1) is 0 Å². The summed E-state index contributed by atoms with van der Waals surface area (Å²) < 4.78 is 5.66. The van der Waals surface area contributed by atoms with Gasteiger partial charge in [0.05, 0.1) is 6.61 Å². The molecule has 1 aliphatic heterocycles. The Labute approximate surface area is 97.0 Å². The summed E-state index contributed by atoms with van der Waals surface area (Å²) in [4.78, 5) is 0. The van der Waals surface area contributed by atoms with E-state index >= 15 is 0 Å². The van der Waals surface area contributed by atoms with Crippen molar-refractivity contribution in [2.24, 2.45) is 5.84 Å². The quantitative estimate of drug-likeness (QED) is 0.604. The van der Waals surface area contributed by atoms with Gasteiger partial charge < -0.3 is 4.74 Å². The molecule has 0 saturated heterocycles. The van der Waals surface area contributed by atoms with Crippen LogP contribution in [0.5, 0.6) is 5.75 Å². The highest BCUT2D eigenvalue weighted by Gasteiger charge is 2.27. The molecule has 3 N–H and O–H groups in total. The smallest absolute Gasteiger partial charge is 0.122 e. The zero-order valence-corrected chi connectivity index (χ0v) is 9.78. The van der Waals surface area contributed by atoms with Crippen LogP contribution in [0.4, 0.5) is 0 Å². The lowest BCUT2D eigenvalue weighted by Gasteiger charge is -2.31. The highest BCUT2D eigenvalue weighted by atomic mass is 16.5. The first-order valence-electron chi connectivity index (χ1n) is 6.04. The van der Waals surface area contributed by atoms with Crippen molar-refractivity contribution < 1.29 is 4.74 Å². The Hall–Kier alpha value is -1.06. The first-order chi connectivity index (χ1) is 7.86. The highest BCUT2D eigenvalue weighted by molar-refractivity contribution is 5.38. The maximum Gasteiger partial charge on any atom is 0.122 e. The first kappa shape index (κ1) is 11.4. The van der Waals surface area contributed by atoms with E-state index < -0.39 is 0 Å². The Balaban J connectivity index is 2.23. The molecule has 1 aromatic carbocycles. The third-order valence-corrected chi connectivity index (χ3v) is 3.30. The summed E-state index contributed by atoms with van der Waals surface area (Å²) in [6, 6.07) is 8.64. The molecule has 3 heteroatoms. The third-order valence-electron chi connectivity index (χ3n) is 3.30. The summed E-state index contributed by atoms with van der Waals surface area (Å²) in [6.45, 7) is 2.99. The lowest BCUT2D eigenvalue weighted by molar-refractivity contribution is 0.241. The second-order valence-electron chi connectivity index (χ2n) is 4.34. The number of rotatable bonds is 4. The first-order valence-corrected chi connectivity index (χ1v) is 6.04. The van der Waals surface area contributed by atoms with Gasteiger partial charge in [-0.15, -0.1) is 0 Å². The number of fused-ring (bicyclic) bond motifs is 1. The molecule has 16 heavy (non-hydrogen) atoms. The second-order valence-corrected chi connectivity index (χ2v) is 4.34. The van der Waals surface area contributed by atoms with E-state index in [0.717, 1.165) is 31.6 Å². The molecule has 2 rings (SSSR count). The summed E-state index contributed by atoms with van der Waals surface area (Å²) >= 11 is 0. The predicted molar refractivity (Wildman–Crippen MR) is 65.3 cm³/mol. The summed E-state index contributed by atoms with van der Waals surface area (Å²) in [5.74, 6) is 7.16. The number of ether oxygens (including phenoxy) is 1. The number of para-hydroxylation sites is 1. The molecule has 0 radical (unpaired) electrons. The molecule has 88 valence electrons. The van der Waals surface area contributed by atoms with Gasteiger partial charge in [0.15, 0.2) is 0 Å². The van der Waals surface area contributed by atoms with E-state index in [1.165, 1.54) is 5.56 Å². The molecule has 1 aliphatic rings. The van der Waals surface area contributed by atoms with Gasteiger partial charge >= 0.3 is 0 Å². The zero-order chi connectivity index (χ0) is 11.4.